The van der Waals surface area contributed by atoms with Crippen LogP contribution in [0.25, 0.3) is 0 Å². The number of sulfonamides is 1. The van der Waals surface area contributed by atoms with Gasteiger partial charge in [0.2, 0.25) is 10.0 Å². The number of benzene rings is 1. The second-order valence-corrected chi connectivity index (χ2v) is 7.97. The highest BCUT2D eigenvalue weighted by molar-refractivity contribution is 14.1. The fourth-order valence-electron chi connectivity index (χ4n) is 1.92. The number of nitrogens with one attached hydrogen (secondary N) is 1. The van der Waals surface area contributed by atoms with Crippen LogP contribution < -0.4 is 4.72 Å². The molecule has 0 saturated carbocycles. The Kier molecular flexibility index (Phi) is 5.96. The fraction of sp³-hybridized carbons (Fsp3) is 0.462. The molecule has 0 bridgehead atoms. The van der Waals surface area contributed by atoms with Crippen LogP contribution in [-0.2, 0) is 10.0 Å². The summed E-state index contributed by atoms with van der Waals surface area (Å²) in [5, 5.41) is 9.04. The molecule has 1 aromatic rings. The SMILES string of the molecule is CC(C)CC(C)NS(=O)(=O)c1ccc(I)c(C(=O)O)c1. The molecule has 0 fully saturated rings. The van der Waals surface area contributed by atoms with E-state index < -0.39 is 16.0 Å². The van der Waals surface area contributed by atoms with Gasteiger partial charge >= 0.3 is 5.97 Å². The Morgan fingerprint density at radius 3 is 2.45 bits per heavy atom. The minimum Gasteiger partial charge on any atom is -0.478 e. The quantitative estimate of drug-likeness (QED) is 0.706. The summed E-state index contributed by atoms with van der Waals surface area (Å²) in [6.45, 7) is 5.82. The van der Waals surface area contributed by atoms with Gasteiger partial charge in [-0.3, -0.25) is 0 Å². The van der Waals surface area contributed by atoms with E-state index in [1.807, 2.05) is 36.4 Å². The van der Waals surface area contributed by atoms with E-state index in [0.29, 0.717) is 9.49 Å². The number of aromatic carboxylic acids is 1. The Hall–Kier alpha value is -0.670. The molecular weight excluding hydrogens is 393 g/mol. The Bertz CT molecular complexity index is 598. The van der Waals surface area contributed by atoms with E-state index in [0.717, 1.165) is 6.42 Å². The lowest BCUT2D eigenvalue weighted by atomic mass is 10.1. The van der Waals surface area contributed by atoms with Crippen LogP contribution in [0.4, 0.5) is 0 Å². The Balaban J connectivity index is 3.04. The van der Waals surface area contributed by atoms with Crippen LogP contribution in [0.3, 0.4) is 0 Å². The highest BCUT2D eigenvalue weighted by Gasteiger charge is 2.20. The minimum atomic E-state index is -3.69. The lowest BCUT2D eigenvalue weighted by Gasteiger charge is -2.16. The van der Waals surface area contributed by atoms with Crippen molar-refractivity contribution in [2.75, 3.05) is 0 Å². The van der Waals surface area contributed by atoms with Crippen molar-refractivity contribution < 1.29 is 18.3 Å². The largest absolute Gasteiger partial charge is 0.478 e. The van der Waals surface area contributed by atoms with Crippen LogP contribution in [0.2, 0.25) is 0 Å². The second-order valence-electron chi connectivity index (χ2n) is 5.10. The third-order valence-electron chi connectivity index (χ3n) is 2.66. The lowest BCUT2D eigenvalue weighted by Crippen LogP contribution is -2.33. The summed E-state index contributed by atoms with van der Waals surface area (Å²) in [7, 11) is -3.69. The van der Waals surface area contributed by atoms with Crippen molar-refractivity contribution in [1.82, 2.24) is 4.72 Å². The normalized spacial score (nSPS) is 13.4. The molecule has 0 aliphatic heterocycles. The molecule has 7 heteroatoms. The molecule has 1 unspecified atom stereocenters. The average molecular weight is 411 g/mol. The molecule has 112 valence electrons. The van der Waals surface area contributed by atoms with Crippen molar-refractivity contribution in [3.8, 4) is 0 Å². The predicted molar refractivity (Wildman–Crippen MR) is 85.4 cm³/mol. The smallest absolute Gasteiger partial charge is 0.336 e. The van der Waals surface area contributed by atoms with Gasteiger partial charge in [-0.25, -0.2) is 17.9 Å². The zero-order valence-electron chi connectivity index (χ0n) is 11.6. The maximum Gasteiger partial charge on any atom is 0.336 e. The van der Waals surface area contributed by atoms with Gasteiger partial charge in [-0.2, -0.15) is 0 Å². The first-order chi connectivity index (χ1) is 9.13. The minimum absolute atomic E-state index is 0.00927. The molecular formula is C13H18INO4S. The van der Waals surface area contributed by atoms with Gasteiger partial charge in [0.1, 0.15) is 0 Å². The summed E-state index contributed by atoms with van der Waals surface area (Å²) >= 11 is 1.87. The lowest BCUT2D eigenvalue weighted by molar-refractivity contribution is 0.0695. The predicted octanol–water partition coefficient (Wildman–Crippen LogP) is 2.70. The zero-order valence-corrected chi connectivity index (χ0v) is 14.5. The molecule has 2 N–H and O–H groups in total. The first kappa shape index (κ1) is 17.4. The summed E-state index contributed by atoms with van der Waals surface area (Å²) < 4.78 is 27.5. The second kappa shape index (κ2) is 6.86. The van der Waals surface area contributed by atoms with Crippen LogP contribution in [0, 0.1) is 9.49 Å². The maximum absolute atomic E-state index is 12.2. The van der Waals surface area contributed by atoms with E-state index in [2.05, 4.69) is 4.72 Å². The molecule has 0 aromatic heterocycles. The standard InChI is InChI=1S/C13H18INO4S/c1-8(2)6-9(3)15-20(18,19)10-4-5-12(14)11(7-10)13(16)17/h4-5,7-9,15H,6H2,1-3H3,(H,16,17). The number of hydrogen-bond donors (Lipinski definition) is 2. The first-order valence-electron chi connectivity index (χ1n) is 6.18. The van der Waals surface area contributed by atoms with Crippen LogP contribution in [-0.4, -0.2) is 25.5 Å². The van der Waals surface area contributed by atoms with Gasteiger partial charge in [-0.1, -0.05) is 13.8 Å². The van der Waals surface area contributed by atoms with Crippen molar-refractivity contribution in [2.24, 2.45) is 5.92 Å². The molecule has 1 aromatic carbocycles. The third-order valence-corrected chi connectivity index (χ3v) is 5.19. The number of hydrogen-bond acceptors (Lipinski definition) is 3. The number of carboxylic acids is 1. The van der Waals surface area contributed by atoms with Gasteiger partial charge in [0.15, 0.2) is 0 Å². The monoisotopic (exact) mass is 411 g/mol. The summed E-state index contributed by atoms with van der Waals surface area (Å²) in [6, 6.07) is 3.89. The highest BCUT2D eigenvalue weighted by atomic mass is 127. The third kappa shape index (κ3) is 4.71. The van der Waals surface area contributed by atoms with E-state index in [-0.39, 0.29) is 16.5 Å². The van der Waals surface area contributed by atoms with Crippen LogP contribution in [0.15, 0.2) is 23.1 Å². The number of rotatable bonds is 6. The van der Waals surface area contributed by atoms with E-state index in [1.165, 1.54) is 18.2 Å². The molecule has 0 aliphatic carbocycles. The molecule has 1 rings (SSSR count). The van der Waals surface area contributed by atoms with E-state index in [9.17, 15) is 13.2 Å². The molecule has 0 spiro atoms. The van der Waals surface area contributed by atoms with Crippen LogP contribution >= 0.6 is 22.6 Å². The van der Waals surface area contributed by atoms with Gasteiger partial charge in [-0.15, -0.1) is 0 Å². The number of carboxylic acid groups (broad SMARTS) is 1. The Labute approximate surface area is 133 Å². The average Bonchev–Trinajstić information content (AvgIpc) is 2.26. The number of carbonyl (C=O) groups is 1. The van der Waals surface area contributed by atoms with Gasteiger partial charge in [0.25, 0.3) is 0 Å². The van der Waals surface area contributed by atoms with Crippen LogP contribution in [0.5, 0.6) is 0 Å². The van der Waals surface area contributed by atoms with Crippen molar-refractivity contribution in [2.45, 2.75) is 38.1 Å². The first-order valence-corrected chi connectivity index (χ1v) is 8.75. The van der Waals surface area contributed by atoms with Crippen molar-refractivity contribution >= 4 is 38.6 Å². The molecule has 0 amide bonds. The van der Waals surface area contributed by atoms with Crippen molar-refractivity contribution in [1.29, 1.82) is 0 Å². The van der Waals surface area contributed by atoms with Gasteiger partial charge < -0.3 is 5.11 Å². The molecule has 0 saturated heterocycles. The molecule has 1 atom stereocenters. The van der Waals surface area contributed by atoms with E-state index in [1.54, 1.807) is 6.92 Å². The van der Waals surface area contributed by atoms with Crippen molar-refractivity contribution in [3.05, 3.63) is 27.3 Å². The van der Waals surface area contributed by atoms with Crippen molar-refractivity contribution in [3.63, 3.8) is 0 Å². The molecule has 0 radical (unpaired) electrons. The molecule has 5 nitrogen and oxygen atoms in total. The van der Waals surface area contributed by atoms with Gasteiger partial charge in [0, 0.05) is 9.61 Å². The van der Waals surface area contributed by atoms with Gasteiger partial charge in [-0.05, 0) is 60.1 Å². The fourth-order valence-corrected chi connectivity index (χ4v) is 3.77. The summed E-state index contributed by atoms with van der Waals surface area (Å²) in [5.74, 6) is -0.763. The Morgan fingerprint density at radius 2 is 1.95 bits per heavy atom. The molecule has 20 heavy (non-hydrogen) atoms. The summed E-state index contributed by atoms with van der Waals surface area (Å²) in [4.78, 5) is 11.0. The van der Waals surface area contributed by atoms with Gasteiger partial charge in [0.05, 0.1) is 10.5 Å². The van der Waals surface area contributed by atoms with Crippen LogP contribution in [0.1, 0.15) is 37.6 Å². The summed E-state index contributed by atoms with van der Waals surface area (Å²) in [5.41, 5.74) is -0.00927. The van der Waals surface area contributed by atoms with E-state index in [4.69, 9.17) is 5.11 Å². The van der Waals surface area contributed by atoms with E-state index >= 15 is 0 Å². The topological polar surface area (TPSA) is 83.5 Å². The molecule has 0 heterocycles. The molecule has 0 aliphatic rings. The number of halogens is 1. The highest BCUT2D eigenvalue weighted by Crippen LogP contribution is 2.19. The summed E-state index contributed by atoms with van der Waals surface area (Å²) in [6.07, 6.45) is 0.718. The maximum atomic E-state index is 12.2. The Morgan fingerprint density at radius 1 is 1.35 bits per heavy atom. The zero-order chi connectivity index (χ0) is 15.5.